The molecule has 6 nitrogen and oxygen atoms in total. The number of amides is 1. The molecule has 2 aromatic carbocycles. The second kappa shape index (κ2) is 7.02. The number of β-lactam (4-membered cyclic amide) rings is 1. The van der Waals surface area contributed by atoms with Crippen LogP contribution >= 0.6 is 22.9 Å². The Morgan fingerprint density at radius 3 is 2.62 bits per heavy atom. The van der Waals surface area contributed by atoms with Crippen molar-refractivity contribution in [1.29, 1.82) is 0 Å². The van der Waals surface area contributed by atoms with Crippen LogP contribution in [-0.4, -0.2) is 31.4 Å². The standard InChI is InChI=1S/C21H15ClN4O2S/c22-17-18(13-8-4-5-9-15(13)27)26(21(17)28)25-20-19-14(23-11-24-20)10-16(29-19)12-6-2-1-3-7-12/h1-11,17-18,27H,(H,23,24,25). The van der Waals surface area contributed by atoms with Crippen LogP contribution in [0.1, 0.15) is 11.6 Å². The number of anilines is 1. The van der Waals surface area contributed by atoms with Crippen molar-refractivity contribution >= 4 is 44.9 Å². The van der Waals surface area contributed by atoms with Crippen LogP contribution in [0.5, 0.6) is 5.75 Å². The Balaban J connectivity index is 1.50. The highest BCUT2D eigenvalue weighted by Gasteiger charge is 2.49. The summed E-state index contributed by atoms with van der Waals surface area (Å²) in [6.45, 7) is 0. The molecular formula is C21H15ClN4O2S. The Morgan fingerprint density at radius 2 is 1.83 bits per heavy atom. The van der Waals surface area contributed by atoms with E-state index in [1.807, 2.05) is 36.4 Å². The number of halogens is 1. The van der Waals surface area contributed by atoms with Crippen molar-refractivity contribution < 1.29 is 9.90 Å². The summed E-state index contributed by atoms with van der Waals surface area (Å²) in [7, 11) is 0. The fraction of sp³-hybridized carbons (Fsp3) is 0.0952. The van der Waals surface area contributed by atoms with E-state index in [0.717, 1.165) is 20.7 Å². The highest BCUT2D eigenvalue weighted by molar-refractivity contribution is 7.22. The molecule has 2 atom stereocenters. The number of benzene rings is 2. The first-order valence-electron chi connectivity index (χ1n) is 8.95. The molecule has 2 unspecified atom stereocenters. The molecule has 29 heavy (non-hydrogen) atoms. The number of hydrazine groups is 1. The molecule has 5 rings (SSSR count). The predicted molar refractivity (Wildman–Crippen MR) is 114 cm³/mol. The molecule has 1 aliphatic rings. The van der Waals surface area contributed by atoms with E-state index in [1.165, 1.54) is 11.3 Å². The molecule has 0 radical (unpaired) electrons. The first-order chi connectivity index (χ1) is 14.1. The van der Waals surface area contributed by atoms with Gasteiger partial charge in [-0.3, -0.25) is 10.2 Å². The van der Waals surface area contributed by atoms with E-state index in [-0.39, 0.29) is 11.7 Å². The zero-order valence-corrected chi connectivity index (χ0v) is 16.6. The Morgan fingerprint density at radius 1 is 1.07 bits per heavy atom. The number of carbonyl (C=O) groups excluding carboxylic acids is 1. The molecule has 3 heterocycles. The molecule has 1 fully saturated rings. The Bertz CT molecular complexity index is 1210. The number of aromatic hydroxyl groups is 1. The number of phenolic OH excluding ortho intramolecular Hbond substituents is 1. The summed E-state index contributed by atoms with van der Waals surface area (Å²) in [5.41, 5.74) is 5.56. The van der Waals surface area contributed by atoms with E-state index < -0.39 is 11.4 Å². The molecule has 144 valence electrons. The van der Waals surface area contributed by atoms with Crippen molar-refractivity contribution in [2.45, 2.75) is 11.4 Å². The number of aromatic nitrogens is 2. The van der Waals surface area contributed by atoms with E-state index in [9.17, 15) is 9.90 Å². The van der Waals surface area contributed by atoms with Crippen LogP contribution in [0.2, 0.25) is 0 Å². The minimum atomic E-state index is -0.753. The molecule has 2 aromatic heterocycles. The smallest absolute Gasteiger partial charge is 0.262 e. The quantitative estimate of drug-likeness (QED) is 0.371. The highest BCUT2D eigenvalue weighted by atomic mass is 35.5. The number of hydrogen-bond acceptors (Lipinski definition) is 6. The Hall–Kier alpha value is -3.16. The number of carbonyl (C=O) groups is 1. The third kappa shape index (κ3) is 2.99. The summed E-state index contributed by atoms with van der Waals surface area (Å²) in [5, 5.41) is 10.8. The largest absolute Gasteiger partial charge is 0.508 e. The summed E-state index contributed by atoms with van der Waals surface area (Å²) in [4.78, 5) is 22.2. The molecule has 4 aromatic rings. The normalized spacial score (nSPS) is 18.7. The minimum absolute atomic E-state index is 0.0952. The van der Waals surface area contributed by atoms with E-state index in [2.05, 4.69) is 15.4 Å². The van der Waals surface area contributed by atoms with Gasteiger partial charge >= 0.3 is 0 Å². The van der Waals surface area contributed by atoms with Crippen LogP contribution in [-0.2, 0) is 4.79 Å². The average Bonchev–Trinajstić information content (AvgIpc) is 3.20. The molecule has 2 N–H and O–H groups in total. The van der Waals surface area contributed by atoms with Crippen molar-refractivity contribution in [3.63, 3.8) is 0 Å². The lowest BCUT2D eigenvalue weighted by Gasteiger charge is -2.44. The zero-order valence-electron chi connectivity index (χ0n) is 15.0. The van der Waals surface area contributed by atoms with Gasteiger partial charge in [-0.15, -0.1) is 22.9 Å². The lowest BCUT2D eigenvalue weighted by atomic mass is 9.94. The second-order valence-corrected chi connectivity index (χ2v) is 8.16. The van der Waals surface area contributed by atoms with Crippen molar-refractivity contribution in [2.75, 3.05) is 5.43 Å². The van der Waals surface area contributed by atoms with Gasteiger partial charge in [0.05, 0.1) is 10.2 Å². The van der Waals surface area contributed by atoms with Crippen LogP contribution in [0, 0.1) is 0 Å². The minimum Gasteiger partial charge on any atom is -0.508 e. The van der Waals surface area contributed by atoms with Gasteiger partial charge in [0.25, 0.3) is 5.91 Å². The topological polar surface area (TPSA) is 78.4 Å². The third-order valence-electron chi connectivity index (χ3n) is 4.88. The van der Waals surface area contributed by atoms with Gasteiger partial charge in [-0.2, -0.15) is 0 Å². The molecule has 1 aliphatic heterocycles. The van der Waals surface area contributed by atoms with Gasteiger partial charge in [-0.25, -0.2) is 15.0 Å². The number of para-hydroxylation sites is 1. The molecule has 8 heteroatoms. The second-order valence-electron chi connectivity index (χ2n) is 6.64. The van der Waals surface area contributed by atoms with Gasteiger partial charge in [0.2, 0.25) is 0 Å². The summed E-state index contributed by atoms with van der Waals surface area (Å²) in [6, 6.07) is 18.4. The Kier molecular flexibility index (Phi) is 4.34. The number of nitrogens with one attached hydrogen (secondary N) is 1. The van der Waals surface area contributed by atoms with Crippen molar-refractivity contribution in [2.24, 2.45) is 0 Å². The molecule has 1 saturated heterocycles. The SMILES string of the molecule is O=C1C(Cl)C(c2ccccc2O)N1Nc1ncnc2cc(-c3ccccc3)sc12. The maximum atomic E-state index is 12.4. The first kappa shape index (κ1) is 17.9. The van der Waals surface area contributed by atoms with E-state index in [0.29, 0.717) is 11.4 Å². The number of hydrogen-bond donors (Lipinski definition) is 2. The van der Waals surface area contributed by atoms with Crippen LogP contribution in [0.15, 0.2) is 67.0 Å². The van der Waals surface area contributed by atoms with Crippen LogP contribution in [0.4, 0.5) is 5.82 Å². The third-order valence-corrected chi connectivity index (χ3v) is 6.49. The maximum Gasteiger partial charge on any atom is 0.262 e. The first-order valence-corrected chi connectivity index (χ1v) is 10.2. The monoisotopic (exact) mass is 422 g/mol. The van der Waals surface area contributed by atoms with Gasteiger partial charge in [-0.05, 0) is 17.7 Å². The average molecular weight is 423 g/mol. The van der Waals surface area contributed by atoms with E-state index >= 15 is 0 Å². The van der Waals surface area contributed by atoms with Gasteiger partial charge in [0, 0.05) is 10.4 Å². The molecule has 0 bridgehead atoms. The fourth-order valence-corrected chi connectivity index (χ4v) is 4.81. The van der Waals surface area contributed by atoms with Gasteiger partial charge in [0.1, 0.15) is 23.5 Å². The Labute approximate surface area is 175 Å². The lowest BCUT2D eigenvalue weighted by molar-refractivity contribution is -0.143. The summed E-state index contributed by atoms with van der Waals surface area (Å²) in [6.07, 6.45) is 1.46. The molecule has 0 spiro atoms. The van der Waals surface area contributed by atoms with E-state index in [4.69, 9.17) is 11.6 Å². The summed E-state index contributed by atoms with van der Waals surface area (Å²) < 4.78 is 0.841. The van der Waals surface area contributed by atoms with E-state index in [1.54, 1.807) is 35.6 Å². The molecule has 0 saturated carbocycles. The maximum absolute atomic E-state index is 12.4. The van der Waals surface area contributed by atoms with Crippen LogP contribution in [0.25, 0.3) is 20.7 Å². The number of thiophene rings is 1. The molecular weight excluding hydrogens is 408 g/mol. The number of rotatable bonds is 4. The van der Waals surface area contributed by atoms with Gasteiger partial charge in [-0.1, -0.05) is 48.5 Å². The van der Waals surface area contributed by atoms with Crippen LogP contribution < -0.4 is 5.43 Å². The van der Waals surface area contributed by atoms with Crippen molar-refractivity contribution in [3.05, 3.63) is 72.6 Å². The number of phenols is 1. The lowest BCUT2D eigenvalue weighted by Crippen LogP contribution is -2.58. The molecule has 1 amide bonds. The number of alkyl halides is 1. The van der Waals surface area contributed by atoms with Crippen molar-refractivity contribution in [1.82, 2.24) is 15.0 Å². The van der Waals surface area contributed by atoms with Gasteiger partial charge < -0.3 is 5.11 Å². The zero-order chi connectivity index (χ0) is 20.0. The number of fused-ring (bicyclic) bond motifs is 1. The summed E-state index contributed by atoms with van der Waals surface area (Å²) in [5.74, 6) is 0.351. The fourth-order valence-electron chi connectivity index (χ4n) is 3.41. The predicted octanol–water partition coefficient (Wildman–Crippen LogP) is 4.58. The molecule has 0 aliphatic carbocycles. The van der Waals surface area contributed by atoms with Crippen LogP contribution in [0.3, 0.4) is 0 Å². The summed E-state index contributed by atoms with van der Waals surface area (Å²) >= 11 is 7.81. The van der Waals surface area contributed by atoms with Gasteiger partial charge in [0.15, 0.2) is 5.82 Å². The number of nitrogens with zero attached hydrogens (tertiary/aromatic N) is 3. The van der Waals surface area contributed by atoms with Crippen molar-refractivity contribution in [3.8, 4) is 16.2 Å². The highest BCUT2D eigenvalue weighted by Crippen LogP contribution is 2.43.